The third kappa shape index (κ3) is 3.46. The minimum Gasteiger partial charge on any atom is -0.320 e. The molecule has 18 heavy (non-hydrogen) atoms. The Kier molecular flexibility index (Phi) is 5.46. The predicted molar refractivity (Wildman–Crippen MR) is 78.0 cm³/mol. The fraction of sp³-hybridized carbons (Fsp3) is 1.00. The Hall–Kier alpha value is -0.120. The molecule has 2 aliphatic rings. The van der Waals surface area contributed by atoms with Crippen molar-refractivity contribution in [1.82, 2.24) is 15.1 Å². The highest BCUT2D eigenvalue weighted by Crippen LogP contribution is 2.29. The lowest BCUT2D eigenvalue weighted by atomic mass is 9.90. The molecular formula is C15H31N3. The Balaban J connectivity index is 2.00. The summed E-state index contributed by atoms with van der Waals surface area (Å²) in [6, 6.07) is 2.35. The molecule has 3 heteroatoms. The molecule has 106 valence electrons. The van der Waals surface area contributed by atoms with Crippen molar-refractivity contribution < 1.29 is 0 Å². The lowest BCUT2D eigenvalue weighted by Crippen LogP contribution is -2.60. The van der Waals surface area contributed by atoms with Gasteiger partial charge in [-0.3, -0.25) is 4.90 Å². The summed E-state index contributed by atoms with van der Waals surface area (Å²) in [5.41, 5.74) is 0. The Morgan fingerprint density at radius 2 is 1.83 bits per heavy atom. The maximum absolute atomic E-state index is 3.32. The summed E-state index contributed by atoms with van der Waals surface area (Å²) < 4.78 is 0. The maximum atomic E-state index is 3.32. The standard InChI is InChI=1S/C15H31N3/c1-13-11-17(3)12-15(9-10-16-2)18(13)14-7-5-4-6-8-14/h13-16H,4-12H2,1-3H3. The first kappa shape index (κ1) is 14.3. The minimum atomic E-state index is 0.730. The van der Waals surface area contributed by atoms with Crippen molar-refractivity contribution >= 4 is 0 Å². The summed E-state index contributed by atoms with van der Waals surface area (Å²) in [6.07, 6.45) is 8.51. The molecule has 2 unspecified atom stereocenters. The second-order valence-corrected chi connectivity index (χ2v) is 6.36. The number of hydrogen-bond donors (Lipinski definition) is 1. The highest BCUT2D eigenvalue weighted by Gasteiger charge is 2.35. The number of rotatable bonds is 4. The van der Waals surface area contributed by atoms with E-state index in [2.05, 4.69) is 36.1 Å². The predicted octanol–water partition coefficient (Wildman–Crippen LogP) is 1.93. The zero-order chi connectivity index (χ0) is 13.0. The molecule has 2 atom stereocenters. The van der Waals surface area contributed by atoms with E-state index in [1.165, 1.54) is 51.6 Å². The first-order valence-electron chi connectivity index (χ1n) is 7.83. The molecule has 0 spiro atoms. The number of likely N-dealkylation sites (N-methyl/N-ethyl adjacent to an activating group) is 1. The quantitative estimate of drug-likeness (QED) is 0.826. The van der Waals surface area contributed by atoms with E-state index in [1.54, 1.807) is 0 Å². The van der Waals surface area contributed by atoms with Gasteiger partial charge in [0.2, 0.25) is 0 Å². The summed E-state index contributed by atoms with van der Waals surface area (Å²) in [5.74, 6) is 0. The Labute approximate surface area is 113 Å². The number of hydrogen-bond acceptors (Lipinski definition) is 3. The SMILES string of the molecule is CNCCC1CN(C)CC(C)N1C1CCCCC1. The normalized spacial score (nSPS) is 32.8. The zero-order valence-electron chi connectivity index (χ0n) is 12.5. The minimum absolute atomic E-state index is 0.730. The van der Waals surface area contributed by atoms with Gasteiger partial charge in [0.15, 0.2) is 0 Å². The van der Waals surface area contributed by atoms with Gasteiger partial charge in [-0.25, -0.2) is 0 Å². The molecule has 0 bridgehead atoms. The van der Waals surface area contributed by atoms with E-state index in [9.17, 15) is 0 Å². The molecule has 1 heterocycles. The third-order valence-electron chi connectivity index (χ3n) is 4.75. The summed E-state index contributed by atoms with van der Waals surface area (Å²) in [4.78, 5) is 5.39. The summed E-state index contributed by atoms with van der Waals surface area (Å²) in [6.45, 7) is 6.07. The molecule has 1 N–H and O–H groups in total. The molecule has 2 fully saturated rings. The molecule has 0 aromatic rings. The molecule has 1 saturated heterocycles. The van der Waals surface area contributed by atoms with E-state index in [1.807, 2.05) is 0 Å². The van der Waals surface area contributed by atoms with E-state index in [0.29, 0.717) is 0 Å². The molecule has 0 aromatic carbocycles. The lowest BCUT2D eigenvalue weighted by Gasteiger charge is -2.49. The van der Waals surface area contributed by atoms with Crippen molar-refractivity contribution in [3.63, 3.8) is 0 Å². The van der Waals surface area contributed by atoms with Crippen LogP contribution < -0.4 is 5.32 Å². The van der Waals surface area contributed by atoms with Crippen molar-refractivity contribution in [3.05, 3.63) is 0 Å². The van der Waals surface area contributed by atoms with Crippen LogP contribution in [0.15, 0.2) is 0 Å². The summed E-state index contributed by atoms with van der Waals surface area (Å²) >= 11 is 0. The monoisotopic (exact) mass is 253 g/mol. The van der Waals surface area contributed by atoms with Gasteiger partial charge in [0.1, 0.15) is 0 Å². The van der Waals surface area contributed by atoms with E-state index in [0.717, 1.165) is 24.7 Å². The molecule has 3 nitrogen and oxygen atoms in total. The van der Waals surface area contributed by atoms with Crippen molar-refractivity contribution in [2.75, 3.05) is 33.7 Å². The fourth-order valence-corrected chi connectivity index (χ4v) is 4.02. The largest absolute Gasteiger partial charge is 0.320 e. The molecule has 0 amide bonds. The van der Waals surface area contributed by atoms with Gasteiger partial charge in [0.25, 0.3) is 0 Å². The van der Waals surface area contributed by atoms with Gasteiger partial charge >= 0.3 is 0 Å². The molecular weight excluding hydrogens is 222 g/mol. The van der Waals surface area contributed by atoms with Crippen LogP contribution in [-0.2, 0) is 0 Å². The van der Waals surface area contributed by atoms with E-state index >= 15 is 0 Å². The molecule has 0 radical (unpaired) electrons. The highest BCUT2D eigenvalue weighted by molar-refractivity contribution is 4.91. The Morgan fingerprint density at radius 1 is 1.11 bits per heavy atom. The summed E-state index contributed by atoms with van der Waals surface area (Å²) in [7, 11) is 4.35. The third-order valence-corrected chi connectivity index (χ3v) is 4.75. The van der Waals surface area contributed by atoms with Crippen molar-refractivity contribution in [2.24, 2.45) is 0 Å². The van der Waals surface area contributed by atoms with Crippen LogP contribution in [0, 0.1) is 0 Å². The first-order chi connectivity index (χ1) is 8.72. The number of nitrogens with zero attached hydrogens (tertiary/aromatic N) is 2. The second-order valence-electron chi connectivity index (χ2n) is 6.36. The molecule has 1 saturated carbocycles. The van der Waals surface area contributed by atoms with Crippen LogP contribution in [0.25, 0.3) is 0 Å². The maximum Gasteiger partial charge on any atom is 0.0241 e. The van der Waals surface area contributed by atoms with E-state index in [-0.39, 0.29) is 0 Å². The molecule has 2 rings (SSSR count). The summed E-state index contributed by atoms with van der Waals surface area (Å²) in [5, 5.41) is 3.32. The van der Waals surface area contributed by atoms with Crippen LogP contribution in [0.5, 0.6) is 0 Å². The van der Waals surface area contributed by atoms with Crippen molar-refractivity contribution in [2.45, 2.75) is 63.6 Å². The van der Waals surface area contributed by atoms with Gasteiger partial charge in [-0.1, -0.05) is 19.3 Å². The van der Waals surface area contributed by atoms with Gasteiger partial charge in [-0.2, -0.15) is 0 Å². The molecule has 1 aliphatic heterocycles. The van der Waals surface area contributed by atoms with Gasteiger partial charge in [-0.15, -0.1) is 0 Å². The van der Waals surface area contributed by atoms with Crippen LogP contribution in [0.2, 0.25) is 0 Å². The van der Waals surface area contributed by atoms with Gasteiger partial charge in [0, 0.05) is 31.2 Å². The average molecular weight is 253 g/mol. The van der Waals surface area contributed by atoms with Gasteiger partial charge in [-0.05, 0) is 46.8 Å². The van der Waals surface area contributed by atoms with E-state index < -0.39 is 0 Å². The van der Waals surface area contributed by atoms with Crippen molar-refractivity contribution in [3.8, 4) is 0 Å². The lowest BCUT2D eigenvalue weighted by molar-refractivity contribution is -0.00642. The fourth-order valence-electron chi connectivity index (χ4n) is 4.02. The van der Waals surface area contributed by atoms with Crippen LogP contribution in [0.1, 0.15) is 45.4 Å². The average Bonchev–Trinajstić information content (AvgIpc) is 2.36. The van der Waals surface area contributed by atoms with Crippen LogP contribution in [-0.4, -0.2) is 61.7 Å². The van der Waals surface area contributed by atoms with Crippen LogP contribution in [0.4, 0.5) is 0 Å². The van der Waals surface area contributed by atoms with Crippen LogP contribution in [0.3, 0.4) is 0 Å². The molecule has 1 aliphatic carbocycles. The smallest absolute Gasteiger partial charge is 0.0241 e. The zero-order valence-corrected chi connectivity index (χ0v) is 12.5. The van der Waals surface area contributed by atoms with Gasteiger partial charge in [0.05, 0.1) is 0 Å². The topological polar surface area (TPSA) is 18.5 Å². The Bertz CT molecular complexity index is 238. The number of piperazine rings is 1. The van der Waals surface area contributed by atoms with Crippen molar-refractivity contribution in [1.29, 1.82) is 0 Å². The highest BCUT2D eigenvalue weighted by atomic mass is 15.3. The van der Waals surface area contributed by atoms with Crippen LogP contribution >= 0.6 is 0 Å². The molecule has 0 aromatic heterocycles. The van der Waals surface area contributed by atoms with Gasteiger partial charge < -0.3 is 10.2 Å². The second kappa shape index (κ2) is 6.88. The number of nitrogens with one attached hydrogen (secondary N) is 1. The van der Waals surface area contributed by atoms with E-state index in [4.69, 9.17) is 0 Å². The first-order valence-corrected chi connectivity index (χ1v) is 7.83. The Morgan fingerprint density at radius 3 is 2.50 bits per heavy atom.